The SMILES string of the molecule is C=C(/N=C\N(N)CC)c1ccc(C2=CCN(C(=O)CN3CC[C@@](OC)(C(=O)Nc4ccc5[nH]nc(-c6ccc(OC(C)C)nc6)c5c4)C3)CC2)cc1. The second kappa shape index (κ2) is 15.9. The van der Waals surface area contributed by atoms with Gasteiger partial charge in [-0.2, -0.15) is 5.10 Å². The van der Waals surface area contributed by atoms with Crippen LogP contribution in [0.3, 0.4) is 0 Å². The minimum atomic E-state index is -1.08. The van der Waals surface area contributed by atoms with Crippen LogP contribution in [0.1, 0.15) is 44.7 Å². The van der Waals surface area contributed by atoms with Crippen LogP contribution < -0.4 is 15.9 Å². The molecule has 13 nitrogen and oxygen atoms in total. The molecule has 0 radical (unpaired) electrons. The highest BCUT2D eigenvalue weighted by molar-refractivity contribution is 6.01. The summed E-state index contributed by atoms with van der Waals surface area (Å²) >= 11 is 0. The van der Waals surface area contributed by atoms with Crippen LogP contribution in [0.2, 0.25) is 0 Å². The molecule has 13 heteroatoms. The molecule has 1 fully saturated rings. The first-order valence-corrected chi connectivity index (χ1v) is 17.6. The molecule has 4 N–H and O–H groups in total. The number of aliphatic imine (C=N–C) groups is 1. The molecule has 0 saturated carbocycles. The van der Waals surface area contributed by atoms with E-state index in [0.29, 0.717) is 56.4 Å². The topological polar surface area (TPSA) is 154 Å². The van der Waals surface area contributed by atoms with Crippen molar-refractivity contribution >= 4 is 46.0 Å². The Kier molecular flexibility index (Phi) is 11.1. The van der Waals surface area contributed by atoms with Crippen LogP contribution in [-0.4, -0.2) is 106 Å². The number of ether oxygens (including phenoxy) is 2. The summed E-state index contributed by atoms with van der Waals surface area (Å²) in [6, 6.07) is 17.5. The highest BCUT2D eigenvalue weighted by atomic mass is 16.5. The monoisotopic (exact) mass is 705 g/mol. The fourth-order valence-corrected chi connectivity index (χ4v) is 6.45. The van der Waals surface area contributed by atoms with E-state index in [2.05, 4.69) is 50.3 Å². The van der Waals surface area contributed by atoms with Gasteiger partial charge in [0.1, 0.15) is 12.0 Å². The number of aromatic nitrogens is 3. The van der Waals surface area contributed by atoms with Gasteiger partial charge in [-0.3, -0.25) is 19.6 Å². The number of amides is 2. The summed E-state index contributed by atoms with van der Waals surface area (Å²) in [5.41, 5.74) is 5.79. The number of benzene rings is 2. The number of H-pyrrole nitrogens is 1. The lowest BCUT2D eigenvalue weighted by Gasteiger charge is -2.30. The van der Waals surface area contributed by atoms with Gasteiger partial charge >= 0.3 is 0 Å². The molecule has 2 amide bonds. The van der Waals surface area contributed by atoms with Crippen LogP contribution in [0.5, 0.6) is 5.88 Å². The van der Waals surface area contributed by atoms with Crippen molar-refractivity contribution in [3.63, 3.8) is 0 Å². The second-order valence-electron chi connectivity index (χ2n) is 13.4. The van der Waals surface area contributed by atoms with Crippen molar-refractivity contribution in [2.24, 2.45) is 10.8 Å². The summed E-state index contributed by atoms with van der Waals surface area (Å²) in [7, 11) is 1.55. The molecule has 0 bridgehead atoms. The molecule has 6 rings (SSSR count). The number of hydrogen-bond acceptors (Lipinski definition) is 9. The van der Waals surface area contributed by atoms with E-state index in [9.17, 15) is 9.59 Å². The molecule has 0 spiro atoms. The van der Waals surface area contributed by atoms with Gasteiger partial charge in [0.2, 0.25) is 11.8 Å². The number of hydrogen-bond donors (Lipinski definition) is 3. The van der Waals surface area contributed by atoms with Crippen LogP contribution in [0.15, 0.2) is 78.4 Å². The summed E-state index contributed by atoms with van der Waals surface area (Å²) < 4.78 is 11.5. The van der Waals surface area contributed by atoms with E-state index in [0.717, 1.165) is 39.7 Å². The molecule has 2 aliphatic heterocycles. The molecule has 1 saturated heterocycles. The molecule has 52 heavy (non-hydrogen) atoms. The van der Waals surface area contributed by atoms with Gasteiger partial charge in [0, 0.05) is 68.7 Å². The number of pyridine rings is 1. The number of nitrogens with zero attached hydrogens (tertiary/aromatic N) is 6. The summed E-state index contributed by atoms with van der Waals surface area (Å²) in [6.45, 7) is 12.8. The number of rotatable bonds is 13. The van der Waals surface area contributed by atoms with Crippen LogP contribution in [-0.2, 0) is 14.3 Å². The Morgan fingerprint density at radius 1 is 1.15 bits per heavy atom. The minimum absolute atomic E-state index is 0.0264. The summed E-state index contributed by atoms with van der Waals surface area (Å²) in [4.78, 5) is 39.7. The zero-order valence-electron chi connectivity index (χ0n) is 30.3. The molecule has 4 aromatic rings. The van der Waals surface area contributed by atoms with Gasteiger partial charge in [-0.05, 0) is 74.6 Å². The standard InChI is InChI=1S/C39H47N9O4/c1-6-48(40)25-42-27(4)28-7-9-29(10-8-28)30-15-18-47(19-16-30)36(49)23-46-20-17-39(24-46,51-5)38(50)43-32-12-13-34-33(21-32)37(45-44-34)31-11-14-35(41-22-31)52-26(2)3/h7-15,21-22,25-26H,4,6,16-20,23-24,40H2,1-3,5H3,(H,43,50)(H,44,45)/b42-25-/t39-/m0/s1. The van der Waals surface area contributed by atoms with Crippen molar-refractivity contribution in [2.45, 2.75) is 45.3 Å². The average Bonchev–Trinajstić information content (AvgIpc) is 3.78. The van der Waals surface area contributed by atoms with Crippen molar-refractivity contribution in [1.82, 2.24) is 30.0 Å². The van der Waals surface area contributed by atoms with E-state index >= 15 is 0 Å². The average molecular weight is 706 g/mol. The molecule has 2 aliphatic rings. The van der Waals surface area contributed by atoms with Gasteiger partial charge in [0.15, 0.2) is 5.60 Å². The fourth-order valence-electron chi connectivity index (χ4n) is 6.45. The van der Waals surface area contributed by atoms with Gasteiger partial charge in [0.25, 0.3) is 5.91 Å². The van der Waals surface area contributed by atoms with Crippen LogP contribution >= 0.6 is 0 Å². The van der Waals surface area contributed by atoms with Gasteiger partial charge in [-0.15, -0.1) is 0 Å². The maximum absolute atomic E-state index is 13.7. The molecule has 0 aliphatic carbocycles. The molecule has 272 valence electrons. The van der Waals surface area contributed by atoms with E-state index in [1.54, 1.807) is 19.6 Å². The smallest absolute Gasteiger partial charge is 0.258 e. The fraction of sp³-hybridized carbons (Fsp3) is 0.359. The number of likely N-dealkylation sites (tertiary alicyclic amines) is 1. The number of methoxy groups -OCH3 is 1. The maximum Gasteiger partial charge on any atom is 0.258 e. The number of anilines is 1. The summed E-state index contributed by atoms with van der Waals surface area (Å²) in [5.74, 6) is 6.10. The molecule has 1 atom stereocenters. The zero-order valence-corrected chi connectivity index (χ0v) is 30.3. The number of nitrogens with one attached hydrogen (secondary N) is 2. The van der Waals surface area contributed by atoms with Crippen LogP contribution in [0.25, 0.3) is 33.4 Å². The molecule has 0 unspecified atom stereocenters. The number of aromatic amines is 1. The minimum Gasteiger partial charge on any atom is -0.475 e. The number of fused-ring (bicyclic) bond motifs is 1. The van der Waals surface area contributed by atoms with Crippen molar-refractivity contribution < 1.29 is 19.1 Å². The Morgan fingerprint density at radius 2 is 1.94 bits per heavy atom. The van der Waals surface area contributed by atoms with Crippen molar-refractivity contribution in [3.8, 4) is 17.1 Å². The largest absolute Gasteiger partial charge is 0.475 e. The first-order valence-electron chi connectivity index (χ1n) is 17.6. The molecule has 4 heterocycles. The predicted octanol–water partition coefficient (Wildman–Crippen LogP) is 4.95. The Morgan fingerprint density at radius 3 is 2.62 bits per heavy atom. The van der Waals surface area contributed by atoms with Gasteiger partial charge in [-0.1, -0.05) is 36.9 Å². The van der Waals surface area contributed by atoms with Gasteiger partial charge < -0.3 is 24.7 Å². The van der Waals surface area contributed by atoms with E-state index in [-0.39, 0.29) is 24.5 Å². The first kappa shape index (κ1) is 36.4. The highest BCUT2D eigenvalue weighted by Gasteiger charge is 2.45. The van der Waals surface area contributed by atoms with Crippen molar-refractivity contribution in [3.05, 3.63) is 84.6 Å². The predicted molar refractivity (Wildman–Crippen MR) is 204 cm³/mol. The Balaban J connectivity index is 1.04. The van der Waals surface area contributed by atoms with Crippen LogP contribution in [0.4, 0.5) is 5.69 Å². The van der Waals surface area contributed by atoms with E-state index < -0.39 is 5.60 Å². The third kappa shape index (κ3) is 8.23. The van der Waals surface area contributed by atoms with E-state index in [1.165, 1.54) is 10.6 Å². The molecule has 2 aromatic carbocycles. The number of carbonyl (C=O) groups excluding carboxylic acids is 2. The Hall–Kier alpha value is -5.37. The molecular weight excluding hydrogens is 658 g/mol. The summed E-state index contributed by atoms with van der Waals surface area (Å²) in [6.07, 6.45) is 6.66. The Bertz CT molecular complexity index is 1970. The zero-order chi connectivity index (χ0) is 36.8. The normalized spacial score (nSPS) is 17.9. The number of hydrazine groups is 1. The van der Waals surface area contributed by atoms with E-state index in [1.807, 2.05) is 73.0 Å². The molecule has 2 aromatic heterocycles. The third-order valence-corrected chi connectivity index (χ3v) is 9.54. The lowest BCUT2D eigenvalue weighted by molar-refractivity contribution is -0.138. The first-order chi connectivity index (χ1) is 25.1. The Labute approximate surface area is 304 Å². The lowest BCUT2D eigenvalue weighted by Crippen LogP contribution is -2.48. The van der Waals surface area contributed by atoms with Crippen molar-refractivity contribution in [1.29, 1.82) is 0 Å². The number of carbonyl (C=O) groups is 2. The lowest BCUT2D eigenvalue weighted by atomic mass is 9.98. The molecular formula is C39H47N9O4. The van der Waals surface area contributed by atoms with E-state index in [4.69, 9.17) is 15.3 Å². The van der Waals surface area contributed by atoms with Crippen molar-refractivity contribution in [2.75, 3.05) is 51.7 Å². The third-order valence-electron chi connectivity index (χ3n) is 9.54. The quantitative estimate of drug-likeness (QED) is 0.0759. The van der Waals surface area contributed by atoms with Crippen LogP contribution in [0, 0.1) is 0 Å². The van der Waals surface area contributed by atoms with Gasteiger partial charge in [-0.25, -0.2) is 15.8 Å². The van der Waals surface area contributed by atoms with Gasteiger partial charge in [0.05, 0.1) is 23.9 Å². The number of nitrogens with two attached hydrogens (primary N) is 1. The maximum atomic E-state index is 13.7. The summed E-state index contributed by atoms with van der Waals surface area (Å²) in [5, 5.41) is 13.0. The second-order valence-corrected chi connectivity index (χ2v) is 13.4. The highest BCUT2D eigenvalue weighted by Crippen LogP contribution is 2.32.